The molecule has 1 aromatic rings. The second-order valence-corrected chi connectivity index (χ2v) is 8.01. The molecule has 0 saturated carbocycles. The summed E-state index contributed by atoms with van der Waals surface area (Å²) in [6, 6.07) is 7.95. The van der Waals surface area contributed by atoms with E-state index in [1.165, 1.54) is 12.1 Å². The van der Waals surface area contributed by atoms with E-state index in [0.717, 1.165) is 45.3 Å². The smallest absolute Gasteiger partial charge is 0.425 e. The first-order valence-corrected chi connectivity index (χ1v) is 10.1. The highest BCUT2D eigenvalue weighted by Crippen LogP contribution is 2.35. The molecule has 0 fully saturated rings. The lowest BCUT2D eigenvalue weighted by Gasteiger charge is -2.27. The number of aliphatic imine (C=N–C) groups is 1. The van der Waals surface area contributed by atoms with E-state index in [1.807, 2.05) is 32.2 Å². The van der Waals surface area contributed by atoms with Gasteiger partial charge in [-0.25, -0.2) is 15.2 Å². The number of hydrogen-bond donors (Lipinski definition) is 1. The van der Waals surface area contributed by atoms with Gasteiger partial charge in [0.05, 0.1) is 7.11 Å². The molecule has 2 amide bonds. The number of amides is 2. The van der Waals surface area contributed by atoms with Gasteiger partial charge in [0.1, 0.15) is 0 Å². The van der Waals surface area contributed by atoms with E-state index >= 15 is 0 Å². The van der Waals surface area contributed by atoms with E-state index in [2.05, 4.69) is 43.2 Å². The SMILES string of the molecule is COC(=O)NN(C(=O)C1=C(C2=NC=C(c3ccc(Br)cc3)C2)CCC1)C(C)C. The lowest BCUT2D eigenvalue weighted by molar-refractivity contribution is -0.131. The van der Waals surface area contributed by atoms with Crippen LogP contribution in [0.5, 0.6) is 0 Å². The molecule has 6 nitrogen and oxygen atoms in total. The maximum Gasteiger partial charge on any atom is 0.425 e. The first kappa shape index (κ1) is 20.3. The minimum absolute atomic E-state index is 0.187. The Morgan fingerprint density at radius 1 is 1.21 bits per heavy atom. The molecular weight excluding hydrogens is 422 g/mol. The molecule has 7 heteroatoms. The Hall–Kier alpha value is -2.41. The Bertz CT molecular complexity index is 869. The number of methoxy groups -OCH3 is 1. The highest BCUT2D eigenvalue weighted by molar-refractivity contribution is 9.10. The third-order valence-electron chi connectivity index (χ3n) is 4.91. The monoisotopic (exact) mass is 445 g/mol. The summed E-state index contributed by atoms with van der Waals surface area (Å²) >= 11 is 3.45. The molecule has 1 aliphatic heterocycles. The molecule has 0 unspecified atom stereocenters. The maximum atomic E-state index is 13.1. The summed E-state index contributed by atoms with van der Waals surface area (Å²) in [6.45, 7) is 3.70. The summed E-state index contributed by atoms with van der Waals surface area (Å²) in [6.07, 6.45) is 4.37. The topological polar surface area (TPSA) is 71.0 Å². The van der Waals surface area contributed by atoms with Crippen LogP contribution < -0.4 is 5.43 Å². The lowest BCUT2D eigenvalue weighted by Crippen LogP contribution is -2.50. The largest absolute Gasteiger partial charge is 0.452 e. The number of nitrogens with zero attached hydrogens (tertiary/aromatic N) is 2. The molecule has 28 heavy (non-hydrogen) atoms. The van der Waals surface area contributed by atoms with Crippen LogP contribution in [-0.2, 0) is 9.53 Å². The molecular formula is C21H24BrN3O3. The van der Waals surface area contributed by atoms with Crippen LogP contribution in [0.25, 0.3) is 5.57 Å². The molecule has 2 aliphatic rings. The number of halogens is 1. The molecule has 3 rings (SSSR count). The Balaban J connectivity index is 1.79. The molecule has 0 bridgehead atoms. The van der Waals surface area contributed by atoms with Crippen molar-refractivity contribution < 1.29 is 14.3 Å². The van der Waals surface area contributed by atoms with Crippen molar-refractivity contribution in [3.8, 4) is 0 Å². The number of rotatable bonds is 4. The van der Waals surface area contributed by atoms with Gasteiger partial charge in [-0.3, -0.25) is 9.79 Å². The zero-order chi connectivity index (χ0) is 20.3. The van der Waals surface area contributed by atoms with Gasteiger partial charge in [0.15, 0.2) is 0 Å². The van der Waals surface area contributed by atoms with Crippen LogP contribution in [0.3, 0.4) is 0 Å². The van der Waals surface area contributed by atoms with E-state index in [9.17, 15) is 9.59 Å². The fraction of sp³-hybridized carbons (Fsp3) is 0.381. The zero-order valence-electron chi connectivity index (χ0n) is 16.3. The normalized spacial score (nSPS) is 16.2. The van der Waals surface area contributed by atoms with E-state index in [1.54, 1.807) is 0 Å². The number of hydrazine groups is 1. The molecule has 1 N–H and O–H groups in total. The Kier molecular flexibility index (Phi) is 6.34. The minimum Gasteiger partial charge on any atom is -0.452 e. The lowest BCUT2D eigenvalue weighted by atomic mass is 9.97. The average Bonchev–Trinajstić information content (AvgIpc) is 3.34. The van der Waals surface area contributed by atoms with Crippen LogP contribution in [-0.4, -0.2) is 35.9 Å². The van der Waals surface area contributed by atoms with Crippen LogP contribution in [0.4, 0.5) is 4.79 Å². The number of nitrogens with one attached hydrogen (secondary N) is 1. The number of carbonyl (C=O) groups is 2. The fourth-order valence-corrected chi connectivity index (χ4v) is 3.72. The summed E-state index contributed by atoms with van der Waals surface area (Å²) < 4.78 is 5.68. The molecule has 0 radical (unpaired) electrons. The number of ether oxygens (including phenoxy) is 1. The zero-order valence-corrected chi connectivity index (χ0v) is 17.9. The summed E-state index contributed by atoms with van der Waals surface area (Å²) in [5.74, 6) is -0.187. The molecule has 0 saturated heterocycles. The van der Waals surface area contributed by atoms with E-state index in [4.69, 9.17) is 0 Å². The van der Waals surface area contributed by atoms with Crippen molar-refractivity contribution in [1.29, 1.82) is 0 Å². The molecule has 0 atom stereocenters. The third-order valence-corrected chi connectivity index (χ3v) is 5.43. The van der Waals surface area contributed by atoms with E-state index in [-0.39, 0.29) is 11.9 Å². The highest BCUT2D eigenvalue weighted by atomic mass is 79.9. The first-order valence-electron chi connectivity index (χ1n) is 9.33. The van der Waals surface area contributed by atoms with Crippen molar-refractivity contribution in [2.24, 2.45) is 4.99 Å². The van der Waals surface area contributed by atoms with Crippen LogP contribution in [0.2, 0.25) is 0 Å². The van der Waals surface area contributed by atoms with Crippen molar-refractivity contribution in [2.45, 2.75) is 45.6 Å². The molecule has 1 aromatic carbocycles. The average molecular weight is 446 g/mol. The molecule has 0 aromatic heterocycles. The molecule has 148 valence electrons. The van der Waals surface area contributed by atoms with Gasteiger partial charge in [-0.05, 0) is 62.0 Å². The van der Waals surface area contributed by atoms with Crippen molar-refractivity contribution in [3.05, 3.63) is 51.6 Å². The maximum absolute atomic E-state index is 13.1. The van der Waals surface area contributed by atoms with Crippen molar-refractivity contribution in [1.82, 2.24) is 10.4 Å². The Morgan fingerprint density at radius 2 is 1.93 bits per heavy atom. The summed E-state index contributed by atoms with van der Waals surface area (Å²) in [4.78, 5) is 29.4. The van der Waals surface area contributed by atoms with Gasteiger partial charge < -0.3 is 4.74 Å². The second kappa shape index (κ2) is 8.73. The third kappa shape index (κ3) is 4.35. The van der Waals surface area contributed by atoms with E-state index < -0.39 is 6.09 Å². The van der Waals surface area contributed by atoms with Gasteiger partial charge >= 0.3 is 6.09 Å². The van der Waals surface area contributed by atoms with Crippen molar-refractivity contribution in [2.75, 3.05) is 7.11 Å². The predicted octanol–water partition coefficient (Wildman–Crippen LogP) is 4.62. The van der Waals surface area contributed by atoms with Crippen molar-refractivity contribution >= 4 is 39.2 Å². The van der Waals surface area contributed by atoms with Crippen LogP contribution in [0.15, 0.2) is 51.1 Å². The number of carbonyl (C=O) groups excluding carboxylic acids is 2. The quantitative estimate of drug-likeness (QED) is 0.686. The number of hydrogen-bond acceptors (Lipinski definition) is 4. The highest BCUT2D eigenvalue weighted by Gasteiger charge is 2.31. The van der Waals surface area contributed by atoms with Crippen LogP contribution in [0.1, 0.15) is 45.1 Å². The Labute approximate surface area is 173 Å². The van der Waals surface area contributed by atoms with Gasteiger partial charge in [-0.15, -0.1) is 0 Å². The van der Waals surface area contributed by atoms with Gasteiger partial charge in [-0.1, -0.05) is 28.1 Å². The number of allylic oxidation sites excluding steroid dienone is 2. The summed E-state index contributed by atoms with van der Waals surface area (Å²) in [5.41, 5.74) is 7.48. The molecule has 1 aliphatic carbocycles. The molecule has 0 spiro atoms. The summed E-state index contributed by atoms with van der Waals surface area (Å²) in [5, 5.41) is 1.34. The van der Waals surface area contributed by atoms with Crippen LogP contribution >= 0.6 is 15.9 Å². The second-order valence-electron chi connectivity index (χ2n) is 7.10. The van der Waals surface area contributed by atoms with E-state index in [0.29, 0.717) is 12.8 Å². The molecule has 1 heterocycles. The van der Waals surface area contributed by atoms with Gasteiger partial charge in [0.2, 0.25) is 0 Å². The standard InChI is InChI=1S/C21H24BrN3O3/c1-13(2)25(24-21(27)28-3)20(26)18-6-4-5-17(18)19-11-15(12-23-19)14-7-9-16(22)10-8-14/h7-10,12-13H,4-6,11H2,1-3H3,(H,24,27). The predicted molar refractivity (Wildman–Crippen MR) is 113 cm³/mol. The summed E-state index contributed by atoms with van der Waals surface area (Å²) in [7, 11) is 1.28. The van der Waals surface area contributed by atoms with Crippen LogP contribution in [0, 0.1) is 0 Å². The van der Waals surface area contributed by atoms with Crippen molar-refractivity contribution in [3.63, 3.8) is 0 Å². The van der Waals surface area contributed by atoms with Gasteiger partial charge in [0, 0.05) is 34.4 Å². The Morgan fingerprint density at radius 3 is 2.57 bits per heavy atom. The number of benzene rings is 1. The fourth-order valence-electron chi connectivity index (χ4n) is 3.45. The van der Waals surface area contributed by atoms with Gasteiger partial charge in [-0.2, -0.15) is 0 Å². The minimum atomic E-state index is -0.653. The van der Waals surface area contributed by atoms with Gasteiger partial charge in [0.25, 0.3) is 5.91 Å². The first-order chi connectivity index (χ1) is 13.4.